The van der Waals surface area contributed by atoms with Crippen LogP contribution in [0, 0.1) is 6.92 Å². The Labute approximate surface area is 184 Å². The maximum absolute atomic E-state index is 12.3. The number of carbonyl (C=O) groups is 1. The molecule has 4 rings (SSSR count). The van der Waals surface area contributed by atoms with E-state index in [1.165, 1.54) is 16.1 Å². The number of nitrogen functional groups attached to an aromatic ring is 1. The standard InChI is InChI=1S/C23H23N5O2S/c1-4-18-19(20-21(24)26-12-27-22(20)31-18)14-6-8-15(9-7-14)28(23(25)29)16-10-5-13(2)11-17(16)30-3/h5-12H,4H2,1-3H3,(H2,25,29)(H2,24,26,27). The lowest BCUT2D eigenvalue weighted by molar-refractivity contribution is 0.256. The van der Waals surface area contributed by atoms with Gasteiger partial charge < -0.3 is 16.2 Å². The smallest absolute Gasteiger partial charge is 0.324 e. The number of hydrogen-bond acceptors (Lipinski definition) is 6. The quantitative estimate of drug-likeness (QED) is 0.459. The predicted octanol–water partition coefficient (Wildman–Crippen LogP) is 5.04. The van der Waals surface area contributed by atoms with Crippen LogP contribution < -0.4 is 21.1 Å². The molecule has 2 amide bonds. The van der Waals surface area contributed by atoms with Crippen molar-refractivity contribution >= 4 is 44.8 Å². The molecule has 8 heteroatoms. The van der Waals surface area contributed by atoms with E-state index in [-0.39, 0.29) is 0 Å². The number of primary amides is 1. The van der Waals surface area contributed by atoms with Gasteiger partial charge in [-0.2, -0.15) is 0 Å². The lowest BCUT2D eigenvalue weighted by atomic mass is 10.0. The third kappa shape index (κ3) is 3.66. The van der Waals surface area contributed by atoms with E-state index in [0.717, 1.165) is 33.3 Å². The number of rotatable bonds is 5. The number of benzene rings is 2. The largest absolute Gasteiger partial charge is 0.495 e. The number of hydrogen-bond donors (Lipinski definition) is 2. The molecule has 0 saturated carbocycles. The van der Waals surface area contributed by atoms with Gasteiger partial charge in [0.1, 0.15) is 22.7 Å². The zero-order valence-electron chi connectivity index (χ0n) is 17.5. The molecule has 2 heterocycles. The van der Waals surface area contributed by atoms with Gasteiger partial charge in [0, 0.05) is 10.4 Å². The van der Waals surface area contributed by atoms with Crippen molar-refractivity contribution in [2.24, 2.45) is 5.73 Å². The van der Waals surface area contributed by atoms with E-state index < -0.39 is 6.03 Å². The van der Waals surface area contributed by atoms with Crippen LogP contribution in [0.4, 0.5) is 22.0 Å². The van der Waals surface area contributed by atoms with Gasteiger partial charge >= 0.3 is 6.03 Å². The van der Waals surface area contributed by atoms with Crippen LogP contribution in [0.2, 0.25) is 0 Å². The van der Waals surface area contributed by atoms with E-state index >= 15 is 0 Å². The van der Waals surface area contributed by atoms with Gasteiger partial charge in [-0.25, -0.2) is 14.8 Å². The number of aromatic nitrogens is 2. The minimum atomic E-state index is -0.595. The highest BCUT2D eigenvalue weighted by Crippen LogP contribution is 2.41. The van der Waals surface area contributed by atoms with Gasteiger partial charge in [-0.15, -0.1) is 11.3 Å². The number of ether oxygens (including phenoxy) is 1. The van der Waals surface area contributed by atoms with Crippen LogP contribution in [-0.2, 0) is 6.42 Å². The fourth-order valence-corrected chi connectivity index (χ4v) is 4.80. The first-order chi connectivity index (χ1) is 14.9. The molecule has 0 unspecified atom stereocenters. The average Bonchev–Trinajstić information content (AvgIpc) is 3.15. The Bertz CT molecular complexity index is 1270. The first-order valence-corrected chi connectivity index (χ1v) is 10.6. The Morgan fingerprint density at radius 1 is 1.16 bits per heavy atom. The van der Waals surface area contributed by atoms with Gasteiger partial charge in [-0.3, -0.25) is 4.90 Å². The second kappa shape index (κ2) is 8.23. The van der Waals surface area contributed by atoms with Crippen molar-refractivity contribution in [3.63, 3.8) is 0 Å². The van der Waals surface area contributed by atoms with Gasteiger partial charge in [0.05, 0.1) is 23.9 Å². The number of methoxy groups -OCH3 is 1. The summed E-state index contributed by atoms with van der Waals surface area (Å²) in [6, 6.07) is 12.7. The van der Waals surface area contributed by atoms with E-state index in [2.05, 4.69) is 16.9 Å². The number of nitrogens with zero attached hydrogens (tertiary/aromatic N) is 3. The van der Waals surface area contributed by atoms with Gasteiger partial charge in [0.25, 0.3) is 0 Å². The summed E-state index contributed by atoms with van der Waals surface area (Å²) in [6.07, 6.45) is 2.34. The molecular formula is C23H23N5O2S. The van der Waals surface area contributed by atoms with Gasteiger partial charge in [0.15, 0.2) is 0 Å². The molecule has 4 aromatic rings. The molecule has 0 bridgehead atoms. The summed E-state index contributed by atoms with van der Waals surface area (Å²) in [5.74, 6) is 1.04. The zero-order chi connectivity index (χ0) is 22.1. The van der Waals surface area contributed by atoms with Crippen LogP contribution in [0.1, 0.15) is 17.4 Å². The minimum Gasteiger partial charge on any atom is -0.495 e. The number of anilines is 3. The SMILES string of the molecule is CCc1sc2ncnc(N)c2c1-c1ccc(N(C(N)=O)c2ccc(C)cc2OC)cc1. The molecule has 0 radical (unpaired) electrons. The van der Waals surface area contributed by atoms with Crippen LogP contribution in [0.15, 0.2) is 48.8 Å². The van der Waals surface area contributed by atoms with E-state index in [0.29, 0.717) is 22.9 Å². The van der Waals surface area contributed by atoms with Gasteiger partial charge in [-0.05, 0) is 48.7 Å². The predicted molar refractivity (Wildman–Crippen MR) is 126 cm³/mol. The monoisotopic (exact) mass is 433 g/mol. The van der Waals surface area contributed by atoms with Crippen molar-refractivity contribution in [1.82, 2.24) is 9.97 Å². The summed E-state index contributed by atoms with van der Waals surface area (Å²) in [5.41, 5.74) is 16.2. The fraction of sp³-hybridized carbons (Fsp3) is 0.174. The highest BCUT2D eigenvalue weighted by atomic mass is 32.1. The molecule has 31 heavy (non-hydrogen) atoms. The summed E-state index contributed by atoms with van der Waals surface area (Å²) in [4.78, 5) is 24.4. The third-order valence-corrected chi connectivity index (χ3v) is 6.36. The molecule has 2 aromatic heterocycles. The molecule has 7 nitrogen and oxygen atoms in total. The molecule has 0 fully saturated rings. The number of amides is 2. The number of thiophene rings is 1. The Morgan fingerprint density at radius 3 is 2.55 bits per heavy atom. The van der Waals surface area contributed by atoms with Crippen molar-refractivity contribution in [2.45, 2.75) is 20.3 Å². The molecule has 4 N–H and O–H groups in total. The Morgan fingerprint density at radius 2 is 1.90 bits per heavy atom. The van der Waals surface area contributed by atoms with Crippen molar-refractivity contribution in [3.8, 4) is 16.9 Å². The normalized spacial score (nSPS) is 10.9. The van der Waals surface area contributed by atoms with E-state index in [1.807, 2.05) is 49.4 Å². The van der Waals surface area contributed by atoms with Crippen molar-refractivity contribution < 1.29 is 9.53 Å². The van der Waals surface area contributed by atoms with Gasteiger partial charge in [-0.1, -0.05) is 25.1 Å². The maximum Gasteiger partial charge on any atom is 0.324 e. The first kappa shape index (κ1) is 20.6. The molecular weight excluding hydrogens is 410 g/mol. The second-order valence-electron chi connectivity index (χ2n) is 7.09. The fourth-order valence-electron chi connectivity index (χ4n) is 3.69. The first-order valence-electron chi connectivity index (χ1n) is 9.81. The van der Waals surface area contributed by atoms with Crippen LogP contribution in [-0.4, -0.2) is 23.1 Å². The molecule has 2 aromatic carbocycles. The summed E-state index contributed by atoms with van der Waals surface area (Å²) in [5, 5.41) is 0.865. The highest BCUT2D eigenvalue weighted by molar-refractivity contribution is 7.19. The Balaban J connectivity index is 1.81. The second-order valence-corrected chi connectivity index (χ2v) is 8.17. The number of fused-ring (bicyclic) bond motifs is 1. The highest BCUT2D eigenvalue weighted by Gasteiger charge is 2.21. The molecule has 0 aliphatic heterocycles. The van der Waals surface area contributed by atoms with Crippen molar-refractivity contribution in [3.05, 3.63) is 59.2 Å². The molecule has 0 spiro atoms. The lowest BCUT2D eigenvalue weighted by Crippen LogP contribution is -2.31. The number of carbonyl (C=O) groups excluding carboxylic acids is 1. The Hall–Kier alpha value is -3.65. The molecule has 0 aliphatic rings. The molecule has 0 atom stereocenters. The van der Waals surface area contributed by atoms with E-state index in [4.69, 9.17) is 16.2 Å². The topological polar surface area (TPSA) is 107 Å². The summed E-state index contributed by atoms with van der Waals surface area (Å²) in [6.45, 7) is 4.06. The van der Waals surface area contributed by atoms with Crippen LogP contribution in [0.3, 0.4) is 0 Å². The maximum atomic E-state index is 12.3. The summed E-state index contributed by atoms with van der Waals surface area (Å²) in [7, 11) is 1.57. The lowest BCUT2D eigenvalue weighted by Gasteiger charge is -2.23. The number of aryl methyl sites for hydroxylation is 2. The molecule has 158 valence electrons. The van der Waals surface area contributed by atoms with Crippen molar-refractivity contribution in [2.75, 3.05) is 17.7 Å². The average molecular weight is 434 g/mol. The summed E-state index contributed by atoms with van der Waals surface area (Å²) >= 11 is 1.62. The van der Waals surface area contributed by atoms with E-state index in [1.54, 1.807) is 18.4 Å². The minimum absolute atomic E-state index is 0.461. The van der Waals surface area contributed by atoms with Crippen molar-refractivity contribution in [1.29, 1.82) is 0 Å². The van der Waals surface area contributed by atoms with E-state index in [9.17, 15) is 4.79 Å². The molecule has 0 saturated heterocycles. The Kier molecular flexibility index (Phi) is 5.48. The third-order valence-electron chi connectivity index (χ3n) is 5.12. The number of urea groups is 1. The van der Waals surface area contributed by atoms with Crippen LogP contribution >= 0.6 is 11.3 Å². The number of nitrogens with two attached hydrogens (primary N) is 2. The summed E-state index contributed by atoms with van der Waals surface area (Å²) < 4.78 is 5.48. The van der Waals surface area contributed by atoms with Crippen LogP contribution in [0.5, 0.6) is 5.75 Å². The zero-order valence-corrected chi connectivity index (χ0v) is 18.4. The molecule has 0 aliphatic carbocycles. The van der Waals surface area contributed by atoms with Gasteiger partial charge in [0.2, 0.25) is 0 Å². The van der Waals surface area contributed by atoms with Crippen LogP contribution in [0.25, 0.3) is 21.3 Å².